The number of hydrogen-bond donors (Lipinski definition) is 4. The summed E-state index contributed by atoms with van der Waals surface area (Å²) in [5, 5.41) is 0. The molecule has 0 aliphatic heterocycles. The molecule has 0 aromatic rings. The van der Waals surface area contributed by atoms with Crippen LogP contribution in [0.25, 0.3) is 0 Å². The fourth-order valence-electron chi connectivity index (χ4n) is 0. The van der Waals surface area contributed by atoms with E-state index in [4.69, 9.17) is 18.4 Å². The van der Waals surface area contributed by atoms with Crippen LogP contribution in [0.5, 0.6) is 0 Å². The molecule has 0 amide bonds. The van der Waals surface area contributed by atoms with Gasteiger partial charge in [0, 0.05) is 0 Å². The zero-order valence-electron chi connectivity index (χ0n) is 2.61. The van der Waals surface area contributed by atoms with E-state index in [1.54, 1.807) is 0 Å². The van der Waals surface area contributed by atoms with Crippen molar-refractivity contribution in [2.24, 2.45) is 0 Å². The molecule has 6 heteroatoms. The van der Waals surface area contributed by atoms with E-state index in [2.05, 4.69) is 0 Å². The third-order valence-electron chi connectivity index (χ3n) is 0. The Morgan fingerprint density at radius 2 is 1.00 bits per heavy atom. The van der Waals surface area contributed by atoms with Crippen molar-refractivity contribution in [3.63, 3.8) is 0 Å². The van der Waals surface area contributed by atoms with E-state index in [-0.39, 0.29) is 0 Å². The van der Waals surface area contributed by atoms with Gasteiger partial charge in [-0.2, -0.15) is 0 Å². The maximum absolute atomic E-state index is 9.11. The summed E-state index contributed by atoms with van der Waals surface area (Å²) >= 11 is -7.00. The van der Waals surface area contributed by atoms with E-state index < -0.39 is 16.3 Å². The molecule has 0 heterocycles. The molecule has 5 nitrogen and oxygen atoms in total. The first-order valence-electron chi connectivity index (χ1n) is 0.897. The second-order valence-electron chi connectivity index (χ2n) is 0.788. The van der Waals surface area contributed by atoms with Crippen molar-refractivity contribution in [1.29, 1.82) is 0 Å². The second kappa shape index (κ2) is 0.936. The van der Waals surface area contributed by atoms with Crippen molar-refractivity contribution >= 4 is 0 Å². The monoisotopic (exact) mass is 268 g/mol. The first-order chi connectivity index (χ1) is 2.24. The average Bonchev–Trinajstić information content (AvgIpc) is 0.650. The molecule has 0 saturated carbocycles. The minimum absolute atomic E-state index is 7.00. The Labute approximate surface area is 35.4 Å². The van der Waals surface area contributed by atoms with E-state index >= 15 is 0 Å². The van der Waals surface area contributed by atoms with Crippen LogP contribution in [0.2, 0.25) is 0 Å². The van der Waals surface area contributed by atoms with Crippen LogP contribution in [-0.2, 0) is 19.7 Å². The van der Waals surface area contributed by atoms with E-state index in [1.165, 1.54) is 0 Å². The summed E-state index contributed by atoms with van der Waals surface area (Å²) in [6.07, 6.45) is 0. The molecular formula is H4O5W. The Balaban J connectivity index is 4.16. The third kappa shape index (κ3) is 445. The first-order valence-corrected chi connectivity index (χ1v) is 7.34. The van der Waals surface area contributed by atoms with E-state index in [1.807, 2.05) is 0 Å². The van der Waals surface area contributed by atoms with Crippen molar-refractivity contribution in [3.05, 3.63) is 0 Å². The van der Waals surface area contributed by atoms with Crippen LogP contribution in [0.4, 0.5) is 0 Å². The van der Waals surface area contributed by atoms with Crippen LogP contribution in [0, 0.1) is 0 Å². The van der Waals surface area contributed by atoms with Gasteiger partial charge in [-0.15, -0.1) is 0 Å². The summed E-state index contributed by atoms with van der Waals surface area (Å²) in [6, 6.07) is 0. The van der Waals surface area contributed by atoms with E-state index in [0.29, 0.717) is 0 Å². The van der Waals surface area contributed by atoms with Gasteiger partial charge in [-0.05, 0) is 0 Å². The topological polar surface area (TPSA) is 98.0 Å². The number of hydrogen-bond acceptors (Lipinski definition) is 1. The van der Waals surface area contributed by atoms with Gasteiger partial charge in [0.1, 0.15) is 0 Å². The van der Waals surface area contributed by atoms with Gasteiger partial charge in [-0.3, -0.25) is 0 Å². The molecule has 0 atom stereocenters. The Morgan fingerprint density at radius 1 is 1.00 bits per heavy atom. The van der Waals surface area contributed by atoms with Gasteiger partial charge in [0.2, 0.25) is 0 Å². The maximum atomic E-state index is 9.11. The Hall–Kier alpha value is 0.328. The Kier molecular flexibility index (Phi) is 0.987. The van der Waals surface area contributed by atoms with Gasteiger partial charge in [-0.1, -0.05) is 0 Å². The normalized spacial score (nSPS) is 19.0. The molecule has 0 radical (unpaired) electrons. The second-order valence-corrected chi connectivity index (χ2v) is 6.45. The van der Waals surface area contributed by atoms with Crippen LogP contribution in [0.1, 0.15) is 0 Å². The zero-order valence-corrected chi connectivity index (χ0v) is 5.54. The summed E-state index contributed by atoms with van der Waals surface area (Å²) in [4.78, 5) is 0. The average molecular weight is 268 g/mol. The van der Waals surface area contributed by atoms with Gasteiger partial charge in [0.05, 0.1) is 0 Å². The van der Waals surface area contributed by atoms with Crippen LogP contribution in [0.3, 0.4) is 0 Å². The molecule has 0 aromatic heterocycles. The Bertz CT molecular complexity index is 81.6. The van der Waals surface area contributed by atoms with Gasteiger partial charge in [0.15, 0.2) is 0 Å². The van der Waals surface area contributed by atoms with Crippen molar-refractivity contribution in [1.82, 2.24) is 0 Å². The molecule has 0 saturated heterocycles. The van der Waals surface area contributed by atoms with E-state index in [0.717, 1.165) is 0 Å². The molecular weight excluding hydrogens is 264 g/mol. The SMILES string of the molecule is [O]=[W]([OH])([OH])([OH])[OH]. The van der Waals surface area contributed by atoms with Gasteiger partial charge in [0.25, 0.3) is 0 Å². The molecule has 4 N–H and O–H groups in total. The van der Waals surface area contributed by atoms with Crippen molar-refractivity contribution in [2.45, 2.75) is 0 Å². The summed E-state index contributed by atoms with van der Waals surface area (Å²) in [6.45, 7) is 0. The zero-order chi connectivity index (χ0) is 5.45. The molecule has 0 bridgehead atoms. The summed E-state index contributed by atoms with van der Waals surface area (Å²) in [5.41, 5.74) is 0. The fraction of sp³-hybridized carbons (Fsp3) is 0. The molecule has 0 rings (SSSR count). The molecule has 0 spiro atoms. The van der Waals surface area contributed by atoms with Crippen molar-refractivity contribution in [2.75, 3.05) is 0 Å². The Morgan fingerprint density at radius 3 is 1.00 bits per heavy atom. The van der Waals surface area contributed by atoms with E-state index in [9.17, 15) is 0 Å². The quantitative estimate of drug-likeness (QED) is 0.394. The van der Waals surface area contributed by atoms with Gasteiger partial charge >= 0.3 is 34.7 Å². The van der Waals surface area contributed by atoms with Crippen molar-refractivity contribution in [3.8, 4) is 0 Å². The summed E-state index contributed by atoms with van der Waals surface area (Å²) < 4.78 is 38.3. The summed E-state index contributed by atoms with van der Waals surface area (Å²) in [7, 11) is 0. The fourth-order valence-corrected chi connectivity index (χ4v) is 0. The van der Waals surface area contributed by atoms with Crippen LogP contribution >= 0.6 is 0 Å². The molecule has 0 fully saturated rings. The minimum atomic E-state index is -7.00. The molecule has 0 aromatic carbocycles. The third-order valence-corrected chi connectivity index (χ3v) is 0. The summed E-state index contributed by atoms with van der Waals surface area (Å²) in [5.74, 6) is 0. The standard InChI is InChI=1S/4H2O.O.W/h4*1H2;;/q;;;;;+4/p-4. The first kappa shape index (κ1) is 6.33. The molecule has 0 aliphatic rings. The van der Waals surface area contributed by atoms with Gasteiger partial charge in [-0.25, -0.2) is 0 Å². The molecule has 0 unspecified atom stereocenters. The molecule has 6 heavy (non-hydrogen) atoms. The van der Waals surface area contributed by atoms with Crippen LogP contribution < -0.4 is 0 Å². The predicted molar refractivity (Wildman–Crippen MR) is 9.56 cm³/mol. The van der Waals surface area contributed by atoms with Crippen LogP contribution in [-0.4, -0.2) is 15.0 Å². The molecule has 40 valence electrons. The van der Waals surface area contributed by atoms with Crippen LogP contribution in [0.15, 0.2) is 0 Å². The predicted octanol–water partition coefficient (Wildman–Crippen LogP) is -2.35. The van der Waals surface area contributed by atoms with Crippen molar-refractivity contribution < 1.29 is 34.7 Å². The van der Waals surface area contributed by atoms with Gasteiger partial charge < -0.3 is 0 Å². The molecule has 0 aliphatic carbocycles. The number of rotatable bonds is 0.